The highest BCUT2D eigenvalue weighted by Crippen LogP contribution is 2.19. The third kappa shape index (κ3) is 3.73. The molecular weight excluding hydrogens is 252 g/mol. The lowest BCUT2D eigenvalue weighted by Crippen LogP contribution is -2.48. The van der Waals surface area contributed by atoms with Crippen LogP contribution in [-0.4, -0.2) is 25.6 Å². The van der Waals surface area contributed by atoms with Crippen molar-refractivity contribution in [1.82, 2.24) is 10.6 Å². The van der Waals surface area contributed by atoms with E-state index in [1.807, 2.05) is 31.2 Å². The molecule has 0 radical (unpaired) electrons. The van der Waals surface area contributed by atoms with Crippen molar-refractivity contribution in [3.63, 3.8) is 0 Å². The molecule has 1 aromatic rings. The zero-order chi connectivity index (χ0) is 14.5. The molecule has 1 aromatic carbocycles. The maximum absolute atomic E-state index is 12.3. The van der Waals surface area contributed by atoms with Crippen molar-refractivity contribution in [3.05, 3.63) is 29.8 Å². The van der Waals surface area contributed by atoms with E-state index in [9.17, 15) is 4.79 Å². The van der Waals surface area contributed by atoms with Gasteiger partial charge < -0.3 is 15.4 Å². The van der Waals surface area contributed by atoms with E-state index in [1.54, 1.807) is 7.11 Å². The minimum atomic E-state index is -0.0561. The Labute approximate surface area is 120 Å². The van der Waals surface area contributed by atoms with E-state index >= 15 is 0 Å². The van der Waals surface area contributed by atoms with Crippen LogP contribution in [0.25, 0.3) is 0 Å². The predicted octanol–water partition coefficient (Wildman–Crippen LogP) is 2.26. The van der Waals surface area contributed by atoms with E-state index in [1.165, 1.54) is 0 Å². The number of benzene rings is 1. The van der Waals surface area contributed by atoms with Gasteiger partial charge in [0.05, 0.1) is 19.2 Å². The average molecular weight is 276 g/mol. The molecule has 4 heteroatoms. The number of hydrogen-bond acceptors (Lipinski definition) is 3. The number of nitrogens with one attached hydrogen (secondary N) is 2. The van der Waals surface area contributed by atoms with Crippen molar-refractivity contribution >= 4 is 5.91 Å². The summed E-state index contributed by atoms with van der Waals surface area (Å²) < 4.78 is 5.14. The molecule has 1 aliphatic rings. The quantitative estimate of drug-likeness (QED) is 0.887. The molecule has 0 spiro atoms. The maximum atomic E-state index is 12.3. The van der Waals surface area contributed by atoms with Crippen LogP contribution in [0.1, 0.15) is 38.3 Å². The molecule has 2 N–H and O–H groups in total. The van der Waals surface area contributed by atoms with Crippen LogP contribution < -0.4 is 15.4 Å². The number of methoxy groups -OCH3 is 1. The number of amides is 1. The van der Waals surface area contributed by atoms with Crippen LogP contribution in [-0.2, 0) is 4.79 Å². The van der Waals surface area contributed by atoms with Crippen LogP contribution in [0.4, 0.5) is 0 Å². The molecule has 110 valence electrons. The maximum Gasteiger partial charge on any atom is 0.237 e. The van der Waals surface area contributed by atoms with E-state index in [0.29, 0.717) is 5.92 Å². The summed E-state index contributed by atoms with van der Waals surface area (Å²) in [5, 5.41) is 6.37. The molecule has 0 saturated carbocycles. The van der Waals surface area contributed by atoms with Crippen LogP contribution in [0.3, 0.4) is 0 Å². The molecule has 0 aromatic heterocycles. The van der Waals surface area contributed by atoms with Crippen molar-refractivity contribution in [3.8, 4) is 5.75 Å². The van der Waals surface area contributed by atoms with Crippen molar-refractivity contribution < 1.29 is 9.53 Å². The van der Waals surface area contributed by atoms with E-state index in [4.69, 9.17) is 4.74 Å². The Balaban J connectivity index is 1.92. The van der Waals surface area contributed by atoms with Gasteiger partial charge in [0, 0.05) is 0 Å². The Morgan fingerprint density at radius 1 is 1.40 bits per heavy atom. The second kappa shape index (κ2) is 6.75. The van der Waals surface area contributed by atoms with Crippen molar-refractivity contribution in [1.29, 1.82) is 0 Å². The second-order valence-corrected chi connectivity index (χ2v) is 5.64. The molecule has 4 nitrogen and oxygen atoms in total. The zero-order valence-electron chi connectivity index (χ0n) is 12.5. The minimum Gasteiger partial charge on any atom is -0.497 e. The fourth-order valence-corrected chi connectivity index (χ4v) is 2.60. The van der Waals surface area contributed by atoms with Gasteiger partial charge in [0.2, 0.25) is 5.91 Å². The van der Waals surface area contributed by atoms with E-state index < -0.39 is 0 Å². The number of carbonyl (C=O) groups excluding carboxylic acids is 1. The van der Waals surface area contributed by atoms with Crippen molar-refractivity contribution in [2.24, 2.45) is 5.92 Å². The molecule has 1 amide bonds. The normalized spacial score (nSPS) is 23.9. The lowest BCUT2D eigenvalue weighted by Gasteiger charge is -2.28. The molecule has 1 fully saturated rings. The molecular formula is C16H24N2O2. The summed E-state index contributed by atoms with van der Waals surface area (Å²) in [5.74, 6) is 1.54. The minimum absolute atomic E-state index is 0.00689. The summed E-state index contributed by atoms with van der Waals surface area (Å²) in [7, 11) is 1.65. The lowest BCUT2D eigenvalue weighted by atomic mass is 9.93. The second-order valence-electron chi connectivity index (χ2n) is 5.64. The summed E-state index contributed by atoms with van der Waals surface area (Å²) in [6.45, 7) is 5.14. The Morgan fingerprint density at radius 3 is 2.70 bits per heavy atom. The van der Waals surface area contributed by atoms with Crippen LogP contribution in [0, 0.1) is 5.92 Å². The highest BCUT2D eigenvalue weighted by Gasteiger charge is 2.25. The number of ether oxygens (including phenoxy) is 1. The Kier molecular flexibility index (Phi) is 5.01. The number of carbonyl (C=O) groups is 1. The van der Waals surface area contributed by atoms with Crippen LogP contribution >= 0.6 is 0 Å². The van der Waals surface area contributed by atoms with Gasteiger partial charge in [-0.3, -0.25) is 4.79 Å². The first-order chi connectivity index (χ1) is 9.60. The zero-order valence-corrected chi connectivity index (χ0v) is 12.5. The summed E-state index contributed by atoms with van der Waals surface area (Å²) in [6.07, 6.45) is 2.07. The largest absolute Gasteiger partial charge is 0.497 e. The Hall–Kier alpha value is -1.55. The third-order valence-corrected chi connectivity index (χ3v) is 3.96. The van der Waals surface area contributed by atoms with Crippen molar-refractivity contribution in [2.75, 3.05) is 13.7 Å². The average Bonchev–Trinajstić information content (AvgIpc) is 2.47. The summed E-state index contributed by atoms with van der Waals surface area (Å²) in [6, 6.07) is 7.76. The van der Waals surface area contributed by atoms with Gasteiger partial charge in [-0.05, 0) is 49.9 Å². The van der Waals surface area contributed by atoms with E-state index in [-0.39, 0.29) is 18.0 Å². The first-order valence-electron chi connectivity index (χ1n) is 7.28. The highest BCUT2D eigenvalue weighted by molar-refractivity contribution is 5.82. The molecule has 2 unspecified atom stereocenters. The van der Waals surface area contributed by atoms with Crippen LogP contribution in [0.15, 0.2) is 24.3 Å². The number of piperidine rings is 1. The first kappa shape index (κ1) is 14.9. The fraction of sp³-hybridized carbons (Fsp3) is 0.562. The van der Waals surface area contributed by atoms with Gasteiger partial charge in [0.15, 0.2) is 0 Å². The number of hydrogen-bond donors (Lipinski definition) is 2. The molecule has 0 aliphatic carbocycles. The summed E-state index contributed by atoms with van der Waals surface area (Å²) >= 11 is 0. The molecule has 0 bridgehead atoms. The first-order valence-corrected chi connectivity index (χ1v) is 7.28. The van der Waals surface area contributed by atoms with Gasteiger partial charge in [-0.2, -0.15) is 0 Å². The topological polar surface area (TPSA) is 50.4 Å². The fourth-order valence-electron chi connectivity index (χ4n) is 2.60. The Morgan fingerprint density at radius 2 is 2.10 bits per heavy atom. The van der Waals surface area contributed by atoms with E-state index in [0.717, 1.165) is 30.7 Å². The number of rotatable bonds is 4. The SMILES string of the molecule is COc1ccc([C@H](C)NC(=O)C2CC(C)CCN2)cc1. The van der Waals surface area contributed by atoms with Gasteiger partial charge in [-0.25, -0.2) is 0 Å². The molecule has 1 heterocycles. The summed E-state index contributed by atoms with van der Waals surface area (Å²) in [5.41, 5.74) is 1.09. The van der Waals surface area contributed by atoms with Gasteiger partial charge in [-0.15, -0.1) is 0 Å². The molecule has 2 rings (SSSR count). The molecule has 3 atom stereocenters. The highest BCUT2D eigenvalue weighted by atomic mass is 16.5. The lowest BCUT2D eigenvalue weighted by molar-refractivity contribution is -0.124. The third-order valence-electron chi connectivity index (χ3n) is 3.96. The smallest absolute Gasteiger partial charge is 0.237 e. The standard InChI is InChI=1S/C16H24N2O2/c1-11-8-9-17-15(10-11)16(19)18-12(2)13-4-6-14(20-3)7-5-13/h4-7,11-12,15,17H,8-10H2,1-3H3,(H,18,19)/t11?,12-,15?/m0/s1. The molecule has 1 aliphatic heterocycles. The van der Waals surface area contributed by atoms with E-state index in [2.05, 4.69) is 17.6 Å². The molecule has 1 saturated heterocycles. The van der Waals surface area contributed by atoms with Gasteiger partial charge in [0.1, 0.15) is 5.75 Å². The monoisotopic (exact) mass is 276 g/mol. The molecule has 20 heavy (non-hydrogen) atoms. The van der Waals surface area contributed by atoms with Gasteiger partial charge >= 0.3 is 0 Å². The summed E-state index contributed by atoms with van der Waals surface area (Å²) in [4.78, 5) is 12.3. The van der Waals surface area contributed by atoms with Gasteiger partial charge in [-0.1, -0.05) is 19.1 Å². The van der Waals surface area contributed by atoms with Crippen LogP contribution in [0.2, 0.25) is 0 Å². The predicted molar refractivity (Wildman–Crippen MR) is 79.7 cm³/mol. The van der Waals surface area contributed by atoms with Gasteiger partial charge in [0.25, 0.3) is 0 Å². The van der Waals surface area contributed by atoms with Crippen LogP contribution in [0.5, 0.6) is 5.75 Å². The Bertz CT molecular complexity index is 444. The van der Waals surface area contributed by atoms with Crippen molar-refractivity contribution in [2.45, 2.75) is 38.8 Å².